The highest BCUT2D eigenvalue weighted by atomic mass is 32.2. The molecule has 0 bridgehead atoms. The van der Waals surface area contributed by atoms with Crippen LogP contribution in [0.1, 0.15) is 40.0 Å². The highest BCUT2D eigenvalue weighted by Crippen LogP contribution is 2.31. The summed E-state index contributed by atoms with van der Waals surface area (Å²) in [5.74, 6) is 1.45. The van der Waals surface area contributed by atoms with Crippen molar-refractivity contribution >= 4 is 9.84 Å². The Balaban J connectivity index is 2.43. The van der Waals surface area contributed by atoms with Crippen LogP contribution in [-0.4, -0.2) is 19.9 Å². The molecule has 0 radical (unpaired) electrons. The smallest absolute Gasteiger partial charge is 0.150 e. The van der Waals surface area contributed by atoms with Crippen molar-refractivity contribution < 1.29 is 8.42 Å². The average Bonchev–Trinajstić information content (AvgIpc) is 1.91. The van der Waals surface area contributed by atoms with E-state index in [4.69, 9.17) is 0 Å². The van der Waals surface area contributed by atoms with Gasteiger partial charge in [0.25, 0.3) is 0 Å². The molecule has 0 N–H and O–H groups in total. The van der Waals surface area contributed by atoms with E-state index in [1.807, 2.05) is 0 Å². The van der Waals surface area contributed by atoms with E-state index >= 15 is 0 Å². The number of hydrogen-bond donors (Lipinski definition) is 0. The molecule has 0 saturated carbocycles. The molecule has 0 aromatic rings. The van der Waals surface area contributed by atoms with E-state index in [2.05, 4.69) is 20.8 Å². The van der Waals surface area contributed by atoms with Gasteiger partial charge in [-0.2, -0.15) is 0 Å². The molecule has 0 aromatic heterocycles. The average molecular weight is 204 g/mol. The maximum atomic E-state index is 11.2. The summed E-state index contributed by atoms with van der Waals surface area (Å²) in [7, 11) is -2.67. The molecule has 1 rings (SSSR count). The first-order chi connectivity index (χ1) is 5.79. The van der Waals surface area contributed by atoms with Gasteiger partial charge in [-0.15, -0.1) is 0 Å². The quantitative estimate of drug-likeness (QED) is 0.656. The van der Waals surface area contributed by atoms with Crippen LogP contribution in [0.5, 0.6) is 0 Å². The topological polar surface area (TPSA) is 34.1 Å². The first-order valence-electron chi connectivity index (χ1n) is 4.99. The van der Waals surface area contributed by atoms with Gasteiger partial charge in [0.15, 0.2) is 0 Å². The molecule has 0 atom stereocenters. The first kappa shape index (κ1) is 11.0. The highest BCUT2D eigenvalue weighted by Gasteiger charge is 2.26. The molecule has 0 aromatic carbocycles. The lowest BCUT2D eigenvalue weighted by Gasteiger charge is -2.28. The second-order valence-electron chi connectivity index (χ2n) is 5.36. The zero-order valence-corrected chi connectivity index (χ0v) is 9.65. The SMILES string of the molecule is CC(C)(C)CC1CCS(=O)(=O)CC1. The number of rotatable bonds is 1. The summed E-state index contributed by atoms with van der Waals surface area (Å²) in [6.45, 7) is 6.66. The van der Waals surface area contributed by atoms with Gasteiger partial charge in [0, 0.05) is 0 Å². The predicted octanol–water partition coefficient (Wildman–Crippen LogP) is 2.25. The van der Waals surface area contributed by atoms with Crippen LogP contribution in [0, 0.1) is 11.3 Å². The number of sulfone groups is 1. The minimum absolute atomic E-state index is 0.339. The Hall–Kier alpha value is -0.0500. The van der Waals surface area contributed by atoms with Crippen molar-refractivity contribution in [3.05, 3.63) is 0 Å². The lowest BCUT2D eigenvalue weighted by Crippen LogP contribution is -2.26. The summed E-state index contributed by atoms with van der Waals surface area (Å²) in [6, 6.07) is 0. The predicted molar refractivity (Wildman–Crippen MR) is 55.4 cm³/mol. The molecule has 1 aliphatic heterocycles. The third-order valence-corrected chi connectivity index (χ3v) is 4.29. The van der Waals surface area contributed by atoms with E-state index in [1.165, 1.54) is 0 Å². The fraction of sp³-hybridized carbons (Fsp3) is 1.00. The lowest BCUT2D eigenvalue weighted by molar-refractivity contribution is 0.278. The van der Waals surface area contributed by atoms with Crippen molar-refractivity contribution in [3.63, 3.8) is 0 Å². The first-order valence-corrected chi connectivity index (χ1v) is 6.81. The van der Waals surface area contributed by atoms with E-state index < -0.39 is 9.84 Å². The molecule has 1 aliphatic rings. The van der Waals surface area contributed by atoms with E-state index in [9.17, 15) is 8.42 Å². The summed E-state index contributed by atoms with van der Waals surface area (Å²) in [6.07, 6.45) is 2.90. The fourth-order valence-corrected chi connectivity index (χ4v) is 3.60. The molecular weight excluding hydrogens is 184 g/mol. The standard InChI is InChI=1S/C10H20O2S/c1-10(2,3)8-9-4-6-13(11,12)7-5-9/h9H,4-8H2,1-3H3. The fourth-order valence-electron chi connectivity index (χ4n) is 2.01. The van der Waals surface area contributed by atoms with Crippen molar-refractivity contribution in [1.82, 2.24) is 0 Å². The van der Waals surface area contributed by atoms with Crippen LogP contribution in [0.2, 0.25) is 0 Å². The largest absolute Gasteiger partial charge is 0.229 e. The zero-order chi connectivity index (χ0) is 10.1. The second-order valence-corrected chi connectivity index (χ2v) is 7.66. The van der Waals surface area contributed by atoms with Crippen LogP contribution in [0.4, 0.5) is 0 Å². The number of hydrogen-bond acceptors (Lipinski definition) is 2. The summed E-state index contributed by atoms with van der Waals surface area (Å²) in [5.41, 5.74) is 0.339. The second kappa shape index (κ2) is 3.60. The van der Waals surface area contributed by atoms with Crippen LogP contribution in [-0.2, 0) is 9.84 Å². The van der Waals surface area contributed by atoms with Crippen LogP contribution in [0.15, 0.2) is 0 Å². The van der Waals surface area contributed by atoms with Gasteiger partial charge in [-0.05, 0) is 30.6 Å². The van der Waals surface area contributed by atoms with Crippen LogP contribution < -0.4 is 0 Å². The van der Waals surface area contributed by atoms with Crippen molar-refractivity contribution in [1.29, 1.82) is 0 Å². The van der Waals surface area contributed by atoms with Gasteiger partial charge in [-0.3, -0.25) is 0 Å². The molecule has 0 spiro atoms. The van der Waals surface area contributed by atoms with E-state index in [0.29, 0.717) is 22.8 Å². The van der Waals surface area contributed by atoms with Gasteiger partial charge in [-0.25, -0.2) is 8.42 Å². The molecule has 1 saturated heterocycles. The van der Waals surface area contributed by atoms with Crippen molar-refractivity contribution in [2.45, 2.75) is 40.0 Å². The van der Waals surface area contributed by atoms with Gasteiger partial charge in [0.05, 0.1) is 11.5 Å². The Morgan fingerprint density at radius 3 is 2.00 bits per heavy atom. The van der Waals surface area contributed by atoms with Gasteiger partial charge in [0.1, 0.15) is 9.84 Å². The maximum Gasteiger partial charge on any atom is 0.150 e. The summed E-state index contributed by atoms with van der Waals surface area (Å²) < 4.78 is 22.3. The van der Waals surface area contributed by atoms with Crippen LogP contribution >= 0.6 is 0 Å². The molecule has 1 fully saturated rings. The summed E-state index contributed by atoms with van der Waals surface area (Å²) >= 11 is 0. The Kier molecular flexibility index (Phi) is 3.05. The molecular formula is C10H20O2S. The van der Waals surface area contributed by atoms with Crippen molar-refractivity contribution in [3.8, 4) is 0 Å². The van der Waals surface area contributed by atoms with E-state index in [1.54, 1.807) is 0 Å². The van der Waals surface area contributed by atoms with Gasteiger partial charge >= 0.3 is 0 Å². The Morgan fingerprint density at radius 1 is 1.15 bits per heavy atom. The van der Waals surface area contributed by atoms with Crippen LogP contribution in [0.3, 0.4) is 0 Å². The summed E-state index contributed by atoms with van der Waals surface area (Å²) in [4.78, 5) is 0. The Morgan fingerprint density at radius 2 is 1.62 bits per heavy atom. The van der Waals surface area contributed by atoms with E-state index in [-0.39, 0.29) is 0 Å². The Bertz CT molecular complexity index is 245. The minimum atomic E-state index is -2.67. The van der Waals surface area contributed by atoms with Crippen LogP contribution in [0.25, 0.3) is 0 Å². The highest BCUT2D eigenvalue weighted by molar-refractivity contribution is 7.91. The molecule has 0 amide bonds. The Labute approximate surface area is 81.6 Å². The minimum Gasteiger partial charge on any atom is -0.229 e. The van der Waals surface area contributed by atoms with E-state index in [0.717, 1.165) is 19.3 Å². The molecule has 0 unspecified atom stereocenters. The molecule has 0 aliphatic carbocycles. The normalized spacial score (nSPS) is 24.5. The summed E-state index contributed by atoms with van der Waals surface area (Å²) in [5, 5.41) is 0. The monoisotopic (exact) mass is 204 g/mol. The molecule has 3 heteroatoms. The van der Waals surface area contributed by atoms with Gasteiger partial charge < -0.3 is 0 Å². The molecule has 2 nitrogen and oxygen atoms in total. The van der Waals surface area contributed by atoms with Crippen molar-refractivity contribution in [2.75, 3.05) is 11.5 Å². The molecule has 1 heterocycles. The lowest BCUT2D eigenvalue weighted by atomic mass is 9.82. The van der Waals surface area contributed by atoms with Gasteiger partial charge in [-0.1, -0.05) is 20.8 Å². The third kappa shape index (κ3) is 4.12. The molecule has 13 heavy (non-hydrogen) atoms. The molecule has 78 valence electrons. The zero-order valence-electron chi connectivity index (χ0n) is 8.84. The maximum absolute atomic E-state index is 11.2. The third-order valence-electron chi connectivity index (χ3n) is 2.58. The van der Waals surface area contributed by atoms with Crippen molar-refractivity contribution in [2.24, 2.45) is 11.3 Å². The van der Waals surface area contributed by atoms with Gasteiger partial charge in [0.2, 0.25) is 0 Å².